The Morgan fingerprint density at radius 1 is 1.62 bits per heavy atom. The summed E-state index contributed by atoms with van der Waals surface area (Å²) in [5.74, 6) is 0. The smallest absolute Gasteiger partial charge is 0.410 e. The number of hydrogen-bond donors (Lipinski definition) is 1. The summed E-state index contributed by atoms with van der Waals surface area (Å²) in [7, 11) is 0. The molecular formula is C15H25N3O2S. The molecule has 1 N–H and O–H groups in total. The van der Waals surface area contributed by atoms with Gasteiger partial charge in [-0.25, -0.2) is 9.78 Å². The molecule has 2 rings (SSSR count). The molecule has 1 aromatic heterocycles. The molecule has 0 aliphatic carbocycles. The van der Waals surface area contributed by atoms with Crippen LogP contribution in [-0.2, 0) is 4.74 Å². The number of ether oxygens (including phenoxy) is 1. The first-order valence-electron chi connectivity index (χ1n) is 7.49. The molecule has 21 heavy (non-hydrogen) atoms. The van der Waals surface area contributed by atoms with Crippen LogP contribution in [-0.4, -0.2) is 40.7 Å². The van der Waals surface area contributed by atoms with Crippen LogP contribution in [0.2, 0.25) is 0 Å². The van der Waals surface area contributed by atoms with E-state index in [1.165, 1.54) is 0 Å². The fourth-order valence-corrected chi connectivity index (χ4v) is 3.13. The summed E-state index contributed by atoms with van der Waals surface area (Å²) in [4.78, 5) is 18.4. The number of thiazole rings is 1. The first-order valence-corrected chi connectivity index (χ1v) is 8.37. The minimum atomic E-state index is -0.439. The molecule has 1 aromatic rings. The molecule has 2 heterocycles. The second kappa shape index (κ2) is 6.75. The van der Waals surface area contributed by atoms with Gasteiger partial charge in [0.2, 0.25) is 0 Å². The normalized spacial score (nSPS) is 20.6. The summed E-state index contributed by atoms with van der Waals surface area (Å²) < 4.78 is 5.48. The number of nitrogens with zero attached hydrogens (tertiary/aromatic N) is 2. The second-order valence-electron chi connectivity index (χ2n) is 6.47. The largest absolute Gasteiger partial charge is 0.444 e. The molecule has 1 saturated heterocycles. The number of carbonyl (C=O) groups excluding carboxylic acids is 1. The van der Waals surface area contributed by atoms with Crippen molar-refractivity contribution in [2.75, 3.05) is 13.1 Å². The second-order valence-corrected chi connectivity index (χ2v) is 7.40. The molecule has 1 amide bonds. The number of likely N-dealkylation sites (tertiary alicyclic amines) is 1. The first-order chi connectivity index (χ1) is 9.87. The summed E-state index contributed by atoms with van der Waals surface area (Å²) in [5.41, 5.74) is -0.439. The lowest BCUT2D eigenvalue weighted by Crippen LogP contribution is -2.44. The van der Waals surface area contributed by atoms with E-state index in [2.05, 4.69) is 17.2 Å². The molecule has 1 aliphatic rings. The Bertz CT molecular complexity index is 456. The number of amides is 1. The topological polar surface area (TPSA) is 54.5 Å². The number of carbonyl (C=O) groups is 1. The van der Waals surface area contributed by atoms with E-state index in [-0.39, 0.29) is 18.2 Å². The van der Waals surface area contributed by atoms with Gasteiger partial charge in [-0.3, -0.25) is 0 Å². The molecule has 0 aromatic carbocycles. The Labute approximate surface area is 130 Å². The minimum absolute atomic E-state index is 0.200. The average molecular weight is 311 g/mol. The quantitative estimate of drug-likeness (QED) is 0.928. The van der Waals surface area contributed by atoms with Gasteiger partial charge in [0.05, 0.1) is 6.04 Å². The van der Waals surface area contributed by atoms with Gasteiger partial charge < -0.3 is 15.0 Å². The fraction of sp³-hybridized carbons (Fsp3) is 0.733. The zero-order chi connectivity index (χ0) is 15.5. The molecule has 0 bridgehead atoms. The molecular weight excluding hydrogens is 286 g/mol. The highest BCUT2D eigenvalue weighted by molar-refractivity contribution is 7.09. The van der Waals surface area contributed by atoms with Gasteiger partial charge in [0.15, 0.2) is 0 Å². The van der Waals surface area contributed by atoms with Gasteiger partial charge in [-0.05, 0) is 40.5 Å². The zero-order valence-electron chi connectivity index (χ0n) is 13.3. The van der Waals surface area contributed by atoms with Crippen LogP contribution in [0.4, 0.5) is 4.79 Å². The molecule has 5 nitrogen and oxygen atoms in total. The van der Waals surface area contributed by atoms with Gasteiger partial charge in [0.25, 0.3) is 0 Å². The standard InChI is InChI=1S/C15H25N3O2S/c1-11(13-16-7-9-21-13)17-10-12-6-5-8-18(12)14(19)20-15(2,3)4/h7,9,11-12,17H,5-6,8,10H2,1-4H3/t11-,12+/m1/s1. The first kappa shape index (κ1) is 16.2. The third-order valence-corrected chi connectivity index (χ3v) is 4.44. The average Bonchev–Trinajstić information content (AvgIpc) is 3.04. The van der Waals surface area contributed by atoms with E-state index in [9.17, 15) is 4.79 Å². The van der Waals surface area contributed by atoms with E-state index in [0.717, 1.165) is 30.9 Å². The lowest BCUT2D eigenvalue weighted by molar-refractivity contribution is 0.0225. The fourth-order valence-electron chi connectivity index (χ4n) is 2.46. The highest BCUT2D eigenvalue weighted by Gasteiger charge is 2.32. The molecule has 0 radical (unpaired) electrons. The Balaban J connectivity index is 1.86. The van der Waals surface area contributed by atoms with Gasteiger partial charge in [0, 0.05) is 30.7 Å². The maximum atomic E-state index is 12.2. The van der Waals surface area contributed by atoms with Crippen LogP contribution >= 0.6 is 11.3 Å². The number of rotatable bonds is 4. The van der Waals surface area contributed by atoms with Gasteiger partial charge in [-0.2, -0.15) is 0 Å². The summed E-state index contributed by atoms with van der Waals surface area (Å²) in [6.45, 7) is 9.37. The van der Waals surface area contributed by atoms with Crippen LogP contribution in [0.25, 0.3) is 0 Å². The third kappa shape index (κ3) is 4.68. The van der Waals surface area contributed by atoms with E-state index < -0.39 is 5.60 Å². The van der Waals surface area contributed by atoms with Crippen LogP contribution in [0.1, 0.15) is 51.6 Å². The Hall–Kier alpha value is -1.14. The number of nitrogens with one attached hydrogen (secondary N) is 1. The summed E-state index contributed by atoms with van der Waals surface area (Å²) in [6.07, 6.45) is 3.68. The maximum Gasteiger partial charge on any atom is 0.410 e. The molecule has 1 fully saturated rings. The number of aromatic nitrogens is 1. The third-order valence-electron chi connectivity index (χ3n) is 3.49. The highest BCUT2D eigenvalue weighted by atomic mass is 32.1. The number of hydrogen-bond acceptors (Lipinski definition) is 5. The monoisotopic (exact) mass is 311 g/mol. The zero-order valence-corrected chi connectivity index (χ0v) is 14.1. The summed E-state index contributed by atoms with van der Waals surface area (Å²) in [6, 6.07) is 0.424. The van der Waals surface area contributed by atoms with Crippen molar-refractivity contribution >= 4 is 17.4 Å². The van der Waals surface area contributed by atoms with Crippen molar-refractivity contribution in [2.45, 2.75) is 58.2 Å². The van der Waals surface area contributed by atoms with Crippen molar-refractivity contribution in [1.29, 1.82) is 0 Å². The SMILES string of the molecule is C[C@@H](NC[C@@H]1CCCN1C(=O)OC(C)(C)C)c1nccs1. The Kier molecular flexibility index (Phi) is 5.22. The van der Waals surface area contributed by atoms with E-state index in [0.29, 0.717) is 0 Å². The van der Waals surface area contributed by atoms with Crippen LogP contribution in [0.5, 0.6) is 0 Å². The molecule has 0 unspecified atom stereocenters. The molecule has 118 valence electrons. The van der Waals surface area contributed by atoms with Gasteiger partial charge in [-0.15, -0.1) is 11.3 Å². The van der Waals surface area contributed by atoms with E-state index in [4.69, 9.17) is 4.74 Å². The Morgan fingerprint density at radius 3 is 3.00 bits per heavy atom. The molecule has 0 saturated carbocycles. The van der Waals surface area contributed by atoms with Crippen molar-refractivity contribution < 1.29 is 9.53 Å². The van der Waals surface area contributed by atoms with E-state index >= 15 is 0 Å². The summed E-state index contributed by atoms with van der Waals surface area (Å²) in [5, 5.41) is 6.54. The van der Waals surface area contributed by atoms with E-state index in [1.807, 2.05) is 37.2 Å². The Morgan fingerprint density at radius 2 is 2.38 bits per heavy atom. The van der Waals surface area contributed by atoms with Crippen LogP contribution in [0, 0.1) is 0 Å². The minimum Gasteiger partial charge on any atom is -0.444 e. The van der Waals surface area contributed by atoms with Crippen molar-refractivity contribution in [3.63, 3.8) is 0 Å². The van der Waals surface area contributed by atoms with Crippen LogP contribution in [0.3, 0.4) is 0 Å². The van der Waals surface area contributed by atoms with Crippen molar-refractivity contribution in [2.24, 2.45) is 0 Å². The van der Waals surface area contributed by atoms with Gasteiger partial charge in [-0.1, -0.05) is 0 Å². The molecule has 0 spiro atoms. The maximum absolute atomic E-state index is 12.2. The van der Waals surface area contributed by atoms with Crippen molar-refractivity contribution in [1.82, 2.24) is 15.2 Å². The van der Waals surface area contributed by atoms with E-state index in [1.54, 1.807) is 11.3 Å². The predicted molar refractivity (Wildman–Crippen MR) is 84.5 cm³/mol. The predicted octanol–water partition coefficient (Wildman–Crippen LogP) is 3.19. The lowest BCUT2D eigenvalue weighted by Gasteiger charge is -2.29. The molecule has 6 heteroatoms. The molecule has 2 atom stereocenters. The molecule has 1 aliphatic heterocycles. The van der Waals surface area contributed by atoms with Crippen molar-refractivity contribution in [3.05, 3.63) is 16.6 Å². The van der Waals surface area contributed by atoms with Crippen molar-refractivity contribution in [3.8, 4) is 0 Å². The van der Waals surface area contributed by atoms with Gasteiger partial charge >= 0.3 is 6.09 Å². The van der Waals surface area contributed by atoms with Gasteiger partial charge in [0.1, 0.15) is 10.6 Å². The van der Waals surface area contributed by atoms with Crippen LogP contribution < -0.4 is 5.32 Å². The highest BCUT2D eigenvalue weighted by Crippen LogP contribution is 2.21. The van der Waals surface area contributed by atoms with Crippen LogP contribution in [0.15, 0.2) is 11.6 Å². The summed E-state index contributed by atoms with van der Waals surface area (Å²) >= 11 is 1.65. The lowest BCUT2D eigenvalue weighted by atomic mass is 10.2.